The van der Waals surface area contributed by atoms with Crippen LogP contribution in [-0.2, 0) is 4.79 Å². The molecule has 0 saturated carbocycles. The lowest BCUT2D eigenvalue weighted by molar-refractivity contribution is -0.116. The Kier molecular flexibility index (Phi) is 5.27. The first-order valence-corrected chi connectivity index (χ1v) is 10.7. The highest BCUT2D eigenvalue weighted by molar-refractivity contribution is 6.01. The average Bonchev–Trinajstić information content (AvgIpc) is 3.01. The summed E-state index contributed by atoms with van der Waals surface area (Å²) >= 11 is 0. The Morgan fingerprint density at radius 3 is 2.38 bits per heavy atom. The molecule has 1 aliphatic heterocycles. The molecule has 0 bridgehead atoms. The Balaban J connectivity index is 1.57. The van der Waals surface area contributed by atoms with Crippen LogP contribution >= 0.6 is 0 Å². The molecule has 1 aliphatic carbocycles. The van der Waals surface area contributed by atoms with Crippen molar-refractivity contribution in [1.29, 1.82) is 0 Å². The second kappa shape index (κ2) is 8.38. The first-order valence-electron chi connectivity index (χ1n) is 10.7. The SMILES string of the molecule is COc1ccc([C@H]2CC(=O)C3=C(C2)Nc2ccccc2N[C@@H]3c2ccncc2)cc1OC. The van der Waals surface area contributed by atoms with Crippen molar-refractivity contribution in [3.63, 3.8) is 0 Å². The number of hydrogen-bond donors (Lipinski definition) is 2. The molecular formula is C26H25N3O3. The van der Waals surface area contributed by atoms with Gasteiger partial charge in [0.05, 0.1) is 31.6 Å². The van der Waals surface area contributed by atoms with Crippen molar-refractivity contribution in [2.45, 2.75) is 24.8 Å². The number of ketones is 1. The second-order valence-corrected chi connectivity index (χ2v) is 8.06. The largest absolute Gasteiger partial charge is 0.493 e. The van der Waals surface area contributed by atoms with E-state index < -0.39 is 0 Å². The third-order valence-corrected chi connectivity index (χ3v) is 6.23. The molecular weight excluding hydrogens is 402 g/mol. The molecule has 2 N–H and O–H groups in total. The van der Waals surface area contributed by atoms with E-state index in [1.165, 1.54) is 0 Å². The number of anilines is 2. The molecule has 0 amide bonds. The number of hydrogen-bond acceptors (Lipinski definition) is 6. The zero-order valence-electron chi connectivity index (χ0n) is 18.1. The van der Waals surface area contributed by atoms with Crippen LogP contribution in [0.5, 0.6) is 11.5 Å². The van der Waals surface area contributed by atoms with E-state index in [-0.39, 0.29) is 17.7 Å². The highest BCUT2D eigenvalue weighted by Crippen LogP contribution is 2.45. The van der Waals surface area contributed by atoms with Crippen molar-refractivity contribution in [3.05, 3.63) is 89.4 Å². The fourth-order valence-corrected chi connectivity index (χ4v) is 4.64. The van der Waals surface area contributed by atoms with Crippen LogP contribution in [0.25, 0.3) is 0 Å². The van der Waals surface area contributed by atoms with Gasteiger partial charge in [0.1, 0.15) is 0 Å². The number of nitrogens with one attached hydrogen (secondary N) is 2. The summed E-state index contributed by atoms with van der Waals surface area (Å²) in [5, 5.41) is 7.15. The fourth-order valence-electron chi connectivity index (χ4n) is 4.64. The standard InChI is InChI=1S/C26H25N3O3/c1-31-23-8-7-17(15-24(23)32-2)18-13-21-25(22(30)14-18)26(16-9-11-27-12-10-16)29-20-6-4-3-5-19(20)28-21/h3-12,15,18,26,28-29H,13-14H2,1-2H3/t18-,26-/m1/s1. The maximum atomic E-state index is 13.6. The van der Waals surface area contributed by atoms with Gasteiger partial charge in [-0.15, -0.1) is 0 Å². The summed E-state index contributed by atoms with van der Waals surface area (Å²) in [5.74, 6) is 1.55. The lowest BCUT2D eigenvalue weighted by Gasteiger charge is -2.30. The molecule has 2 aromatic carbocycles. The van der Waals surface area contributed by atoms with Crippen LogP contribution in [-0.4, -0.2) is 25.0 Å². The van der Waals surface area contributed by atoms with Crippen LogP contribution in [0.15, 0.2) is 78.3 Å². The zero-order chi connectivity index (χ0) is 22.1. The van der Waals surface area contributed by atoms with E-state index in [0.717, 1.165) is 40.2 Å². The van der Waals surface area contributed by atoms with Crippen LogP contribution in [0, 0.1) is 0 Å². The summed E-state index contributed by atoms with van der Waals surface area (Å²) in [4.78, 5) is 17.7. The minimum atomic E-state index is -0.233. The van der Waals surface area contributed by atoms with E-state index in [1.54, 1.807) is 26.6 Å². The predicted molar refractivity (Wildman–Crippen MR) is 124 cm³/mol. The number of Topliss-reactive ketones (excluding diaryl/α,β-unsaturated/α-hetero) is 1. The van der Waals surface area contributed by atoms with Gasteiger partial charge in [0.15, 0.2) is 17.3 Å². The molecule has 2 atom stereocenters. The summed E-state index contributed by atoms with van der Waals surface area (Å²) in [6.07, 6.45) is 4.70. The molecule has 0 unspecified atom stereocenters. The number of rotatable bonds is 4. The first-order chi connectivity index (χ1) is 15.7. The van der Waals surface area contributed by atoms with Gasteiger partial charge in [0, 0.05) is 30.1 Å². The monoisotopic (exact) mass is 427 g/mol. The molecule has 5 rings (SSSR count). The van der Waals surface area contributed by atoms with E-state index >= 15 is 0 Å². The number of aromatic nitrogens is 1. The van der Waals surface area contributed by atoms with Gasteiger partial charge in [-0.05, 0) is 59.9 Å². The number of benzene rings is 2. The molecule has 162 valence electrons. The fraction of sp³-hybridized carbons (Fsp3) is 0.231. The molecule has 2 aliphatic rings. The molecule has 0 spiro atoms. The van der Waals surface area contributed by atoms with Crippen LogP contribution < -0.4 is 20.1 Å². The van der Waals surface area contributed by atoms with Crippen molar-refractivity contribution in [2.75, 3.05) is 24.9 Å². The number of fused-ring (bicyclic) bond motifs is 1. The first kappa shape index (κ1) is 20.1. The van der Waals surface area contributed by atoms with E-state index in [0.29, 0.717) is 17.9 Å². The third kappa shape index (κ3) is 3.58. The van der Waals surface area contributed by atoms with Crippen molar-refractivity contribution in [2.24, 2.45) is 0 Å². The van der Waals surface area contributed by atoms with Gasteiger partial charge >= 0.3 is 0 Å². The number of para-hydroxylation sites is 2. The number of methoxy groups -OCH3 is 2. The number of nitrogens with zero attached hydrogens (tertiary/aromatic N) is 1. The minimum Gasteiger partial charge on any atom is -0.493 e. The van der Waals surface area contributed by atoms with Gasteiger partial charge in [-0.3, -0.25) is 9.78 Å². The Hall–Kier alpha value is -3.80. The smallest absolute Gasteiger partial charge is 0.163 e. The van der Waals surface area contributed by atoms with Crippen LogP contribution in [0.3, 0.4) is 0 Å². The Labute approximate surface area is 187 Å². The molecule has 1 aromatic heterocycles. The molecule has 2 heterocycles. The van der Waals surface area contributed by atoms with E-state index in [1.807, 2.05) is 54.6 Å². The van der Waals surface area contributed by atoms with Gasteiger partial charge in [-0.25, -0.2) is 0 Å². The summed E-state index contributed by atoms with van der Waals surface area (Å²) in [5.41, 5.74) is 5.78. The van der Waals surface area contributed by atoms with Crippen LogP contribution in [0.4, 0.5) is 11.4 Å². The number of carbonyl (C=O) groups is 1. The van der Waals surface area contributed by atoms with Gasteiger partial charge in [0.25, 0.3) is 0 Å². The molecule has 6 heteroatoms. The predicted octanol–water partition coefficient (Wildman–Crippen LogP) is 5.08. The van der Waals surface area contributed by atoms with Gasteiger partial charge < -0.3 is 20.1 Å². The normalized spacial score (nSPS) is 19.8. The second-order valence-electron chi connectivity index (χ2n) is 8.06. The topological polar surface area (TPSA) is 72.5 Å². The minimum absolute atomic E-state index is 0.0527. The van der Waals surface area contributed by atoms with Crippen molar-refractivity contribution >= 4 is 17.2 Å². The van der Waals surface area contributed by atoms with Gasteiger partial charge in [-0.2, -0.15) is 0 Å². The molecule has 0 saturated heterocycles. The summed E-state index contributed by atoms with van der Waals surface area (Å²) < 4.78 is 10.9. The highest BCUT2D eigenvalue weighted by Gasteiger charge is 2.36. The third-order valence-electron chi connectivity index (χ3n) is 6.23. The van der Waals surface area contributed by atoms with Crippen molar-refractivity contribution in [3.8, 4) is 11.5 Å². The van der Waals surface area contributed by atoms with Crippen LogP contribution in [0.1, 0.15) is 35.9 Å². The molecule has 3 aromatic rings. The highest BCUT2D eigenvalue weighted by atomic mass is 16.5. The van der Waals surface area contributed by atoms with E-state index in [2.05, 4.69) is 15.6 Å². The van der Waals surface area contributed by atoms with Crippen molar-refractivity contribution < 1.29 is 14.3 Å². The van der Waals surface area contributed by atoms with Crippen molar-refractivity contribution in [1.82, 2.24) is 4.98 Å². The Morgan fingerprint density at radius 1 is 0.875 bits per heavy atom. The lowest BCUT2D eigenvalue weighted by atomic mass is 9.78. The van der Waals surface area contributed by atoms with E-state index in [4.69, 9.17) is 9.47 Å². The summed E-state index contributed by atoms with van der Waals surface area (Å²) in [7, 11) is 3.25. The van der Waals surface area contributed by atoms with Gasteiger partial charge in [-0.1, -0.05) is 18.2 Å². The van der Waals surface area contributed by atoms with Crippen LogP contribution in [0.2, 0.25) is 0 Å². The number of pyridine rings is 1. The average molecular weight is 428 g/mol. The number of carbonyl (C=O) groups excluding carboxylic acids is 1. The maximum absolute atomic E-state index is 13.6. The number of ether oxygens (including phenoxy) is 2. The summed E-state index contributed by atoms with van der Waals surface area (Å²) in [6.45, 7) is 0. The molecule has 6 nitrogen and oxygen atoms in total. The lowest BCUT2D eigenvalue weighted by Crippen LogP contribution is -2.26. The van der Waals surface area contributed by atoms with Gasteiger partial charge in [0.2, 0.25) is 0 Å². The van der Waals surface area contributed by atoms with E-state index in [9.17, 15) is 4.79 Å². The molecule has 32 heavy (non-hydrogen) atoms. The maximum Gasteiger partial charge on any atom is 0.163 e. The molecule has 0 radical (unpaired) electrons. The Bertz CT molecular complexity index is 1190. The zero-order valence-corrected chi connectivity index (χ0v) is 18.1. The number of allylic oxidation sites excluding steroid dienone is 1. The quantitative estimate of drug-likeness (QED) is 0.605. The summed E-state index contributed by atoms with van der Waals surface area (Å²) in [6, 6.07) is 17.7. The Morgan fingerprint density at radius 2 is 1.62 bits per heavy atom. The molecule has 0 fully saturated rings.